The molecule has 1 aliphatic rings. The number of amides is 2. The number of benzene rings is 2. The van der Waals surface area contributed by atoms with Gasteiger partial charge in [0.25, 0.3) is 11.8 Å². The first kappa shape index (κ1) is 20.5. The monoisotopic (exact) mass is 419 g/mol. The Balaban J connectivity index is 1.33. The number of hydrogen-bond acceptors (Lipinski definition) is 5. The Morgan fingerprint density at radius 1 is 1.00 bits per heavy atom. The Morgan fingerprint density at radius 2 is 1.77 bits per heavy atom. The van der Waals surface area contributed by atoms with Crippen molar-refractivity contribution in [2.45, 2.75) is 6.92 Å². The van der Waals surface area contributed by atoms with Crippen LogP contribution >= 0.6 is 0 Å². The Morgan fingerprint density at radius 3 is 2.45 bits per heavy atom. The topological polar surface area (TPSA) is 75.0 Å². The maximum Gasteiger partial charge on any atom is 0.289 e. The van der Waals surface area contributed by atoms with Crippen LogP contribution in [0.2, 0.25) is 0 Å². The third-order valence-electron chi connectivity index (χ3n) is 5.20. The molecule has 2 heterocycles. The lowest BCUT2D eigenvalue weighted by molar-refractivity contribution is 0.0714. The summed E-state index contributed by atoms with van der Waals surface area (Å²) in [5.41, 5.74) is 2.33. The fourth-order valence-electron chi connectivity index (χ4n) is 3.58. The van der Waals surface area contributed by atoms with E-state index in [4.69, 9.17) is 9.15 Å². The van der Waals surface area contributed by atoms with Gasteiger partial charge >= 0.3 is 0 Å². The van der Waals surface area contributed by atoms with Crippen LogP contribution in [0.1, 0.15) is 27.8 Å². The first-order chi connectivity index (χ1) is 15.1. The highest BCUT2D eigenvalue weighted by Gasteiger charge is 2.23. The standard InChI is InChI=1S/C24H25N3O4/c1-2-30-21-6-3-5-18(17-21)23(28)25-19-8-10-20(11-9-19)26-12-14-27(15-13-26)24(29)22-7-4-16-31-22/h3-11,16-17H,2,12-15H2,1H3,(H,25,28). The minimum absolute atomic E-state index is 0.0730. The van der Waals surface area contributed by atoms with E-state index in [1.807, 2.05) is 37.3 Å². The molecule has 31 heavy (non-hydrogen) atoms. The molecule has 1 N–H and O–H groups in total. The molecule has 160 valence electrons. The van der Waals surface area contributed by atoms with Crippen molar-refractivity contribution in [3.63, 3.8) is 0 Å². The maximum absolute atomic E-state index is 12.5. The number of nitrogens with one attached hydrogen (secondary N) is 1. The summed E-state index contributed by atoms with van der Waals surface area (Å²) in [6, 6.07) is 18.3. The van der Waals surface area contributed by atoms with Crippen molar-refractivity contribution in [2.75, 3.05) is 43.0 Å². The van der Waals surface area contributed by atoms with Gasteiger partial charge in [0.2, 0.25) is 0 Å². The molecule has 0 radical (unpaired) electrons. The molecule has 0 saturated carbocycles. The van der Waals surface area contributed by atoms with Crippen molar-refractivity contribution < 1.29 is 18.7 Å². The SMILES string of the molecule is CCOc1cccc(C(=O)Nc2ccc(N3CCN(C(=O)c4ccco4)CC3)cc2)c1. The molecule has 0 spiro atoms. The molecule has 3 aromatic rings. The molecule has 0 bridgehead atoms. The third-order valence-corrected chi connectivity index (χ3v) is 5.20. The second-order valence-corrected chi connectivity index (χ2v) is 7.22. The van der Waals surface area contributed by atoms with Gasteiger partial charge < -0.3 is 24.3 Å². The number of hydrogen-bond donors (Lipinski definition) is 1. The van der Waals surface area contributed by atoms with Gasteiger partial charge in [0.15, 0.2) is 5.76 Å². The van der Waals surface area contributed by atoms with Crippen LogP contribution in [0.15, 0.2) is 71.3 Å². The smallest absolute Gasteiger partial charge is 0.289 e. The lowest BCUT2D eigenvalue weighted by Crippen LogP contribution is -2.48. The highest BCUT2D eigenvalue weighted by Crippen LogP contribution is 2.21. The van der Waals surface area contributed by atoms with E-state index in [9.17, 15) is 9.59 Å². The van der Waals surface area contributed by atoms with E-state index < -0.39 is 0 Å². The number of carbonyl (C=O) groups excluding carboxylic acids is 2. The molecule has 2 amide bonds. The van der Waals surface area contributed by atoms with Crippen LogP contribution in [-0.4, -0.2) is 49.5 Å². The minimum Gasteiger partial charge on any atom is -0.494 e. The fraction of sp³-hybridized carbons (Fsp3) is 0.250. The lowest BCUT2D eigenvalue weighted by atomic mass is 10.2. The average Bonchev–Trinajstić information content (AvgIpc) is 3.35. The molecule has 1 aromatic heterocycles. The van der Waals surface area contributed by atoms with Gasteiger partial charge in [-0.25, -0.2) is 0 Å². The van der Waals surface area contributed by atoms with E-state index in [0.29, 0.717) is 36.8 Å². The molecule has 1 saturated heterocycles. The van der Waals surface area contributed by atoms with Crippen LogP contribution in [0.4, 0.5) is 11.4 Å². The molecule has 7 nitrogen and oxygen atoms in total. The van der Waals surface area contributed by atoms with Gasteiger partial charge in [-0.1, -0.05) is 6.07 Å². The first-order valence-corrected chi connectivity index (χ1v) is 10.4. The minimum atomic E-state index is -0.181. The summed E-state index contributed by atoms with van der Waals surface area (Å²) < 4.78 is 10.7. The van der Waals surface area contributed by atoms with Crippen molar-refractivity contribution in [1.29, 1.82) is 0 Å². The van der Waals surface area contributed by atoms with Crippen LogP contribution in [0.3, 0.4) is 0 Å². The molecule has 0 unspecified atom stereocenters. The van der Waals surface area contributed by atoms with Crippen LogP contribution in [0.25, 0.3) is 0 Å². The number of piperazine rings is 1. The predicted molar refractivity (Wildman–Crippen MR) is 119 cm³/mol. The summed E-state index contributed by atoms with van der Waals surface area (Å²) >= 11 is 0. The number of rotatable bonds is 6. The van der Waals surface area contributed by atoms with E-state index in [-0.39, 0.29) is 11.8 Å². The first-order valence-electron chi connectivity index (χ1n) is 10.4. The maximum atomic E-state index is 12.5. The number of anilines is 2. The van der Waals surface area contributed by atoms with Crippen LogP contribution in [-0.2, 0) is 0 Å². The van der Waals surface area contributed by atoms with E-state index >= 15 is 0 Å². The zero-order valence-electron chi connectivity index (χ0n) is 17.4. The fourth-order valence-corrected chi connectivity index (χ4v) is 3.58. The molecular formula is C24H25N3O4. The Bertz CT molecular complexity index is 1020. The van der Waals surface area contributed by atoms with Gasteiger partial charge in [-0.3, -0.25) is 9.59 Å². The largest absolute Gasteiger partial charge is 0.494 e. The van der Waals surface area contributed by atoms with Gasteiger partial charge in [-0.05, 0) is 61.5 Å². The van der Waals surface area contributed by atoms with Gasteiger partial charge in [-0.15, -0.1) is 0 Å². The zero-order valence-corrected chi connectivity index (χ0v) is 17.4. The molecule has 4 rings (SSSR count). The van der Waals surface area contributed by atoms with Gasteiger partial charge in [0, 0.05) is 43.1 Å². The number of carbonyl (C=O) groups is 2. The summed E-state index contributed by atoms with van der Waals surface area (Å²) in [6.45, 7) is 5.20. The van der Waals surface area contributed by atoms with Gasteiger partial charge in [-0.2, -0.15) is 0 Å². The van der Waals surface area contributed by atoms with Crippen molar-refractivity contribution in [3.8, 4) is 5.75 Å². The van der Waals surface area contributed by atoms with E-state index in [0.717, 1.165) is 24.5 Å². The molecular weight excluding hydrogens is 394 g/mol. The highest BCUT2D eigenvalue weighted by atomic mass is 16.5. The number of nitrogens with zero attached hydrogens (tertiary/aromatic N) is 2. The Kier molecular flexibility index (Phi) is 6.21. The second-order valence-electron chi connectivity index (χ2n) is 7.22. The van der Waals surface area contributed by atoms with Crippen molar-refractivity contribution in [1.82, 2.24) is 4.90 Å². The summed E-state index contributed by atoms with van der Waals surface area (Å²) in [7, 11) is 0. The Labute approximate surface area is 181 Å². The number of ether oxygens (including phenoxy) is 1. The Hall–Kier alpha value is -3.74. The van der Waals surface area contributed by atoms with Crippen LogP contribution in [0, 0.1) is 0 Å². The van der Waals surface area contributed by atoms with E-state index in [1.165, 1.54) is 6.26 Å². The molecule has 0 aliphatic carbocycles. The lowest BCUT2D eigenvalue weighted by Gasteiger charge is -2.35. The number of furan rings is 1. The molecule has 2 aromatic carbocycles. The van der Waals surface area contributed by atoms with Crippen molar-refractivity contribution in [2.24, 2.45) is 0 Å². The predicted octanol–water partition coefficient (Wildman–Crippen LogP) is 3.89. The average molecular weight is 419 g/mol. The highest BCUT2D eigenvalue weighted by molar-refractivity contribution is 6.04. The third kappa shape index (κ3) is 4.88. The van der Waals surface area contributed by atoms with E-state index in [1.54, 1.807) is 35.2 Å². The summed E-state index contributed by atoms with van der Waals surface area (Å²) in [6.07, 6.45) is 1.51. The van der Waals surface area contributed by atoms with Crippen molar-refractivity contribution >= 4 is 23.2 Å². The van der Waals surface area contributed by atoms with Crippen molar-refractivity contribution in [3.05, 3.63) is 78.3 Å². The van der Waals surface area contributed by atoms with Crippen LogP contribution < -0.4 is 15.0 Å². The molecule has 1 aliphatic heterocycles. The molecule has 1 fully saturated rings. The summed E-state index contributed by atoms with van der Waals surface area (Å²) in [5, 5.41) is 2.92. The molecule has 7 heteroatoms. The second kappa shape index (κ2) is 9.38. The molecule has 0 atom stereocenters. The van der Waals surface area contributed by atoms with Gasteiger partial charge in [0.1, 0.15) is 5.75 Å². The van der Waals surface area contributed by atoms with E-state index in [2.05, 4.69) is 10.2 Å². The summed E-state index contributed by atoms with van der Waals surface area (Å²) in [4.78, 5) is 29.0. The normalized spacial score (nSPS) is 13.7. The van der Waals surface area contributed by atoms with Gasteiger partial charge in [0.05, 0.1) is 12.9 Å². The van der Waals surface area contributed by atoms with Crippen LogP contribution in [0.5, 0.6) is 5.75 Å². The zero-order chi connectivity index (χ0) is 21.6. The quantitative estimate of drug-likeness (QED) is 0.656. The summed E-state index contributed by atoms with van der Waals surface area (Å²) in [5.74, 6) is 0.797.